The summed E-state index contributed by atoms with van der Waals surface area (Å²) in [4.78, 5) is 20.1. The number of alkyl halides is 2. The van der Waals surface area contributed by atoms with E-state index in [0.29, 0.717) is 6.92 Å². The van der Waals surface area contributed by atoms with Crippen molar-refractivity contribution >= 4 is 22.8 Å². The van der Waals surface area contributed by atoms with Crippen LogP contribution in [0.3, 0.4) is 0 Å². The lowest BCUT2D eigenvalue weighted by Gasteiger charge is -2.08. The number of hydrogen-bond donors (Lipinski definition) is 0. The van der Waals surface area contributed by atoms with Gasteiger partial charge in [0, 0.05) is 6.92 Å². The highest BCUT2D eigenvalue weighted by atomic mass is 35.5. The maximum Gasteiger partial charge on any atom is 0.391 e. The number of carbonyl (C=O) groups excluding carboxylic acids is 2. The van der Waals surface area contributed by atoms with Crippen molar-refractivity contribution in [1.82, 2.24) is 0 Å². The Kier molecular flexibility index (Phi) is 3.38. The molecule has 0 aromatic carbocycles. The summed E-state index contributed by atoms with van der Waals surface area (Å²) in [6.45, 7) is -0.580. The minimum absolute atomic E-state index is 0.555. The Bertz CT molecular complexity index is 175. The summed E-state index contributed by atoms with van der Waals surface area (Å²) < 4.78 is 27.6. The van der Waals surface area contributed by atoms with E-state index >= 15 is 0 Å². The van der Waals surface area contributed by atoms with Crippen molar-refractivity contribution in [2.45, 2.75) is 12.8 Å². The van der Waals surface area contributed by atoms with Gasteiger partial charge in [-0.15, -0.1) is 0 Å². The van der Waals surface area contributed by atoms with E-state index in [1.807, 2.05) is 0 Å². The molecular weight excluding hydrogens is 182 g/mol. The van der Waals surface area contributed by atoms with Gasteiger partial charge in [0.15, 0.2) is 6.61 Å². The van der Waals surface area contributed by atoms with Gasteiger partial charge in [-0.25, -0.2) is 13.6 Å². The summed E-state index contributed by atoms with van der Waals surface area (Å²) in [6.07, 6.45) is 0. The lowest BCUT2D eigenvalue weighted by molar-refractivity contribution is -0.157. The summed E-state index contributed by atoms with van der Waals surface area (Å²) in [5, 5.41) is -1.41. The van der Waals surface area contributed by atoms with Crippen molar-refractivity contribution in [3.63, 3.8) is 0 Å². The first-order chi connectivity index (χ1) is 4.83. The summed E-state index contributed by atoms with van der Waals surface area (Å²) in [5.74, 6) is -4.60. The second-order valence-corrected chi connectivity index (χ2v) is 2.26. The van der Waals surface area contributed by atoms with Gasteiger partial charge in [0.2, 0.25) is 0 Å². The van der Waals surface area contributed by atoms with E-state index in [1.54, 1.807) is 0 Å². The van der Waals surface area contributed by atoms with E-state index in [1.165, 1.54) is 0 Å². The molecule has 64 valence electrons. The zero-order chi connectivity index (χ0) is 9.07. The van der Waals surface area contributed by atoms with Crippen LogP contribution in [0.1, 0.15) is 6.92 Å². The quantitative estimate of drug-likeness (QED) is 0.375. The molecule has 0 saturated carbocycles. The van der Waals surface area contributed by atoms with Crippen molar-refractivity contribution in [2.75, 3.05) is 6.61 Å². The van der Waals surface area contributed by atoms with Crippen LogP contribution in [0, 0.1) is 0 Å². The van der Waals surface area contributed by atoms with Crippen LogP contribution in [-0.4, -0.2) is 23.7 Å². The molecule has 0 atom stereocenters. The predicted octanol–water partition coefficient (Wildman–Crippen LogP) is 0.950. The predicted molar refractivity (Wildman–Crippen MR) is 32.4 cm³/mol. The standard InChI is InChI=1S/C5H5ClF2O3/c1-5(7,8)2-11-4(10)3(6)9/h2H2,1H3. The van der Waals surface area contributed by atoms with Crippen molar-refractivity contribution in [1.29, 1.82) is 0 Å². The molecule has 0 radical (unpaired) electrons. The molecule has 0 N–H and O–H groups in total. The first-order valence-corrected chi connectivity index (χ1v) is 2.95. The molecule has 0 aliphatic heterocycles. The van der Waals surface area contributed by atoms with Crippen molar-refractivity contribution < 1.29 is 23.1 Å². The smallest absolute Gasteiger partial charge is 0.391 e. The maximum absolute atomic E-state index is 11.9. The molecule has 0 bridgehead atoms. The summed E-state index contributed by atoms with van der Waals surface area (Å²) in [5.41, 5.74) is 0. The van der Waals surface area contributed by atoms with Gasteiger partial charge >= 0.3 is 11.2 Å². The van der Waals surface area contributed by atoms with Gasteiger partial charge in [0.1, 0.15) is 0 Å². The molecule has 0 aliphatic carbocycles. The molecule has 0 unspecified atom stereocenters. The Hall–Kier alpha value is -0.710. The van der Waals surface area contributed by atoms with Crippen LogP contribution < -0.4 is 0 Å². The largest absolute Gasteiger partial charge is 0.453 e. The van der Waals surface area contributed by atoms with Gasteiger partial charge in [-0.1, -0.05) is 0 Å². The van der Waals surface area contributed by atoms with Gasteiger partial charge in [-0.2, -0.15) is 0 Å². The van der Waals surface area contributed by atoms with E-state index in [2.05, 4.69) is 16.3 Å². The van der Waals surface area contributed by atoms with Gasteiger partial charge < -0.3 is 4.74 Å². The van der Waals surface area contributed by atoms with Crippen LogP contribution in [0.5, 0.6) is 0 Å². The molecule has 11 heavy (non-hydrogen) atoms. The van der Waals surface area contributed by atoms with Crippen LogP contribution >= 0.6 is 11.6 Å². The van der Waals surface area contributed by atoms with E-state index in [9.17, 15) is 18.4 Å². The molecule has 0 rings (SSSR count). The Morgan fingerprint density at radius 3 is 2.27 bits per heavy atom. The second-order valence-electron chi connectivity index (χ2n) is 1.92. The third-order valence-electron chi connectivity index (χ3n) is 0.617. The lowest BCUT2D eigenvalue weighted by atomic mass is 10.4. The zero-order valence-electron chi connectivity index (χ0n) is 5.57. The zero-order valence-corrected chi connectivity index (χ0v) is 6.32. The first-order valence-electron chi connectivity index (χ1n) is 2.57. The summed E-state index contributed by atoms with van der Waals surface area (Å²) >= 11 is 4.60. The molecule has 0 spiro atoms. The minimum atomic E-state index is -3.14. The third-order valence-corrected chi connectivity index (χ3v) is 0.771. The topological polar surface area (TPSA) is 43.4 Å². The highest BCUT2D eigenvalue weighted by molar-refractivity contribution is 6.80. The number of rotatable bonds is 3. The van der Waals surface area contributed by atoms with Gasteiger partial charge in [-0.05, 0) is 11.6 Å². The monoisotopic (exact) mass is 186 g/mol. The van der Waals surface area contributed by atoms with Crippen LogP contribution in [0.15, 0.2) is 0 Å². The number of halogens is 3. The Labute approximate surface area is 66.3 Å². The van der Waals surface area contributed by atoms with Crippen molar-refractivity contribution in [3.8, 4) is 0 Å². The van der Waals surface area contributed by atoms with Crippen LogP contribution in [0.2, 0.25) is 0 Å². The van der Waals surface area contributed by atoms with Crippen LogP contribution in [-0.2, 0) is 14.3 Å². The van der Waals surface area contributed by atoms with Gasteiger partial charge in [0.25, 0.3) is 5.92 Å². The fourth-order valence-corrected chi connectivity index (χ4v) is 0.304. The van der Waals surface area contributed by atoms with E-state index in [4.69, 9.17) is 0 Å². The molecule has 0 saturated heterocycles. The maximum atomic E-state index is 11.9. The molecule has 0 amide bonds. The van der Waals surface area contributed by atoms with Gasteiger partial charge in [0.05, 0.1) is 0 Å². The normalized spacial score (nSPS) is 10.9. The molecule has 0 heterocycles. The molecule has 6 heteroatoms. The number of esters is 1. The second kappa shape index (κ2) is 3.61. The highest BCUT2D eigenvalue weighted by Crippen LogP contribution is 2.11. The third kappa shape index (κ3) is 5.72. The Morgan fingerprint density at radius 2 is 2.00 bits per heavy atom. The van der Waals surface area contributed by atoms with Crippen LogP contribution in [0.25, 0.3) is 0 Å². The Morgan fingerprint density at radius 1 is 1.55 bits per heavy atom. The van der Waals surface area contributed by atoms with E-state index in [-0.39, 0.29) is 0 Å². The van der Waals surface area contributed by atoms with Crippen molar-refractivity contribution in [2.24, 2.45) is 0 Å². The van der Waals surface area contributed by atoms with E-state index in [0.717, 1.165) is 0 Å². The lowest BCUT2D eigenvalue weighted by Crippen LogP contribution is -2.23. The average molecular weight is 187 g/mol. The first kappa shape index (κ1) is 10.3. The number of hydrogen-bond acceptors (Lipinski definition) is 3. The van der Waals surface area contributed by atoms with Crippen molar-refractivity contribution in [3.05, 3.63) is 0 Å². The molecule has 0 fully saturated rings. The number of ether oxygens (including phenoxy) is 1. The summed E-state index contributed by atoms with van der Waals surface area (Å²) in [7, 11) is 0. The molecule has 0 aromatic heterocycles. The van der Waals surface area contributed by atoms with Crippen LogP contribution in [0.4, 0.5) is 8.78 Å². The summed E-state index contributed by atoms with van der Waals surface area (Å²) in [6, 6.07) is 0. The fraction of sp³-hybridized carbons (Fsp3) is 0.600. The molecular formula is C5H5ClF2O3. The molecule has 0 aliphatic rings. The minimum Gasteiger partial charge on any atom is -0.453 e. The fourth-order valence-electron chi connectivity index (χ4n) is 0.249. The average Bonchev–Trinajstić information content (AvgIpc) is 1.80. The number of carbonyl (C=O) groups is 2. The highest BCUT2D eigenvalue weighted by Gasteiger charge is 2.25. The molecule has 0 aromatic rings. The Balaban J connectivity index is 3.73. The van der Waals surface area contributed by atoms with Gasteiger partial charge in [-0.3, -0.25) is 4.79 Å². The SMILES string of the molecule is CC(F)(F)COC(=O)C(=O)Cl. The van der Waals surface area contributed by atoms with E-state index < -0.39 is 23.7 Å². The molecule has 3 nitrogen and oxygen atoms in total.